The first-order valence-electron chi connectivity index (χ1n) is 6.47. The Morgan fingerprint density at radius 2 is 1.86 bits per heavy atom. The van der Waals surface area contributed by atoms with E-state index < -0.39 is 10.0 Å². The molecule has 1 atom stereocenters. The molecule has 0 heterocycles. The van der Waals surface area contributed by atoms with Gasteiger partial charge in [0.1, 0.15) is 0 Å². The van der Waals surface area contributed by atoms with Crippen LogP contribution < -0.4 is 10.5 Å². The Balaban J connectivity index is 2.06. The van der Waals surface area contributed by atoms with Crippen LogP contribution in [0.1, 0.15) is 24.1 Å². The van der Waals surface area contributed by atoms with E-state index in [1.807, 2.05) is 37.3 Å². The molecule has 4 nitrogen and oxygen atoms in total. The van der Waals surface area contributed by atoms with Crippen LogP contribution in [0.4, 0.5) is 0 Å². The van der Waals surface area contributed by atoms with Crippen LogP contribution in [-0.4, -0.2) is 8.42 Å². The van der Waals surface area contributed by atoms with E-state index in [4.69, 9.17) is 5.14 Å². The van der Waals surface area contributed by atoms with Crippen molar-refractivity contribution in [3.63, 3.8) is 0 Å². The van der Waals surface area contributed by atoms with Gasteiger partial charge in [-0.2, -0.15) is 0 Å². The highest BCUT2D eigenvalue weighted by Crippen LogP contribution is 2.17. The second-order valence-corrected chi connectivity index (χ2v) is 7.32. The summed E-state index contributed by atoms with van der Waals surface area (Å²) in [5.74, 6) is 0. The second-order valence-electron chi connectivity index (χ2n) is 4.85. The monoisotopic (exact) mass is 368 g/mol. The molecule has 6 heteroatoms. The van der Waals surface area contributed by atoms with Crippen LogP contribution in [0.5, 0.6) is 0 Å². The molecule has 0 bridgehead atoms. The second kappa shape index (κ2) is 6.70. The zero-order chi connectivity index (χ0) is 15.5. The molecule has 0 aliphatic heterocycles. The number of halogens is 1. The van der Waals surface area contributed by atoms with Gasteiger partial charge in [-0.05, 0) is 42.3 Å². The molecule has 0 spiro atoms. The third kappa shape index (κ3) is 4.64. The lowest BCUT2D eigenvalue weighted by Gasteiger charge is -2.15. The van der Waals surface area contributed by atoms with E-state index in [9.17, 15) is 8.42 Å². The average Bonchev–Trinajstić information content (AvgIpc) is 2.45. The molecule has 0 amide bonds. The molecule has 0 aromatic heterocycles. The number of benzene rings is 2. The molecule has 3 N–H and O–H groups in total. The Morgan fingerprint density at radius 1 is 1.19 bits per heavy atom. The topological polar surface area (TPSA) is 72.2 Å². The van der Waals surface area contributed by atoms with Crippen molar-refractivity contribution in [2.75, 3.05) is 0 Å². The van der Waals surface area contributed by atoms with Gasteiger partial charge in [0.15, 0.2) is 0 Å². The Hall–Kier alpha value is -1.21. The molecular formula is C15H17BrN2O2S. The normalized spacial score (nSPS) is 13.1. The highest BCUT2D eigenvalue weighted by atomic mass is 79.9. The van der Waals surface area contributed by atoms with Crippen molar-refractivity contribution in [2.24, 2.45) is 5.14 Å². The fraction of sp³-hybridized carbons (Fsp3) is 0.200. The van der Waals surface area contributed by atoms with Crippen LogP contribution in [0.15, 0.2) is 57.9 Å². The largest absolute Gasteiger partial charge is 0.306 e. The lowest BCUT2D eigenvalue weighted by molar-refractivity contribution is 0.572. The van der Waals surface area contributed by atoms with Gasteiger partial charge in [0.2, 0.25) is 10.0 Å². The highest BCUT2D eigenvalue weighted by Gasteiger charge is 2.11. The van der Waals surface area contributed by atoms with E-state index in [2.05, 4.69) is 21.2 Å². The number of rotatable bonds is 5. The summed E-state index contributed by atoms with van der Waals surface area (Å²) < 4.78 is 23.8. The Kier molecular flexibility index (Phi) is 5.16. The van der Waals surface area contributed by atoms with Crippen molar-refractivity contribution in [3.05, 3.63) is 64.1 Å². The zero-order valence-electron chi connectivity index (χ0n) is 11.6. The van der Waals surface area contributed by atoms with Gasteiger partial charge in [-0.15, -0.1) is 0 Å². The van der Waals surface area contributed by atoms with E-state index in [1.165, 1.54) is 6.07 Å². The van der Waals surface area contributed by atoms with E-state index in [0.717, 1.165) is 15.6 Å². The summed E-state index contributed by atoms with van der Waals surface area (Å²) in [6, 6.07) is 14.8. The van der Waals surface area contributed by atoms with Gasteiger partial charge in [0.05, 0.1) is 4.90 Å². The van der Waals surface area contributed by atoms with Gasteiger partial charge in [-0.25, -0.2) is 13.6 Å². The number of sulfonamides is 1. The predicted octanol–water partition coefficient (Wildman–Crippen LogP) is 2.95. The molecule has 0 saturated heterocycles. The maximum atomic E-state index is 11.4. The molecule has 0 aliphatic carbocycles. The summed E-state index contributed by atoms with van der Waals surface area (Å²) in [6.45, 7) is 2.69. The minimum Gasteiger partial charge on any atom is -0.306 e. The van der Waals surface area contributed by atoms with Crippen LogP contribution >= 0.6 is 15.9 Å². The highest BCUT2D eigenvalue weighted by molar-refractivity contribution is 9.10. The van der Waals surface area contributed by atoms with Gasteiger partial charge in [-0.1, -0.05) is 40.2 Å². The maximum Gasteiger partial charge on any atom is 0.238 e. The van der Waals surface area contributed by atoms with Crippen LogP contribution in [0.2, 0.25) is 0 Å². The number of primary sulfonamides is 1. The summed E-state index contributed by atoms with van der Waals surface area (Å²) in [5, 5.41) is 8.51. The molecule has 2 aromatic carbocycles. The van der Waals surface area contributed by atoms with Crippen LogP contribution in [0.3, 0.4) is 0 Å². The number of hydrogen-bond acceptors (Lipinski definition) is 3. The molecule has 1 unspecified atom stereocenters. The quantitative estimate of drug-likeness (QED) is 0.851. The summed E-state index contributed by atoms with van der Waals surface area (Å²) in [7, 11) is -3.66. The lowest BCUT2D eigenvalue weighted by atomic mass is 10.1. The minimum absolute atomic E-state index is 0.0235. The summed E-state index contributed by atoms with van der Waals surface area (Å²) >= 11 is 3.40. The fourth-order valence-electron chi connectivity index (χ4n) is 1.95. The number of nitrogens with two attached hydrogens (primary N) is 1. The average molecular weight is 369 g/mol. The van der Waals surface area contributed by atoms with Gasteiger partial charge >= 0.3 is 0 Å². The number of hydrogen-bond donors (Lipinski definition) is 2. The Morgan fingerprint density at radius 3 is 2.48 bits per heavy atom. The van der Waals surface area contributed by atoms with E-state index in [0.29, 0.717) is 6.54 Å². The van der Waals surface area contributed by atoms with Gasteiger partial charge in [-0.3, -0.25) is 0 Å². The van der Waals surface area contributed by atoms with Crippen LogP contribution in [0.25, 0.3) is 0 Å². The molecule has 0 saturated carbocycles. The standard InChI is InChI=1S/C15H17BrN2O2S/c1-11(18-10-12-5-7-14(16)8-6-12)13-3-2-4-15(9-13)21(17,19)20/h2-9,11,18H,10H2,1H3,(H2,17,19,20). The molecular weight excluding hydrogens is 352 g/mol. The first-order chi connectivity index (χ1) is 9.86. The first-order valence-corrected chi connectivity index (χ1v) is 8.81. The lowest BCUT2D eigenvalue weighted by Crippen LogP contribution is -2.19. The molecule has 0 aliphatic rings. The Labute approximate surface area is 133 Å². The third-order valence-corrected chi connectivity index (χ3v) is 4.65. The van der Waals surface area contributed by atoms with Crippen LogP contribution in [0, 0.1) is 0 Å². The summed E-state index contributed by atoms with van der Waals surface area (Å²) in [6.07, 6.45) is 0. The predicted molar refractivity (Wildman–Crippen MR) is 87.2 cm³/mol. The van der Waals surface area contributed by atoms with Crippen LogP contribution in [-0.2, 0) is 16.6 Å². The van der Waals surface area contributed by atoms with Crippen molar-refractivity contribution >= 4 is 26.0 Å². The fourth-order valence-corrected chi connectivity index (χ4v) is 2.78. The SMILES string of the molecule is CC(NCc1ccc(Br)cc1)c1cccc(S(N)(=O)=O)c1. The molecule has 0 fully saturated rings. The molecule has 0 radical (unpaired) electrons. The maximum absolute atomic E-state index is 11.4. The smallest absolute Gasteiger partial charge is 0.238 e. The minimum atomic E-state index is -3.66. The van der Waals surface area contributed by atoms with Crippen molar-refractivity contribution in [1.82, 2.24) is 5.32 Å². The summed E-state index contributed by atoms with van der Waals surface area (Å²) in [4.78, 5) is 0.136. The third-order valence-electron chi connectivity index (χ3n) is 3.21. The molecule has 21 heavy (non-hydrogen) atoms. The van der Waals surface area contributed by atoms with Crippen molar-refractivity contribution in [3.8, 4) is 0 Å². The summed E-state index contributed by atoms with van der Waals surface area (Å²) in [5.41, 5.74) is 2.05. The number of nitrogens with one attached hydrogen (secondary N) is 1. The molecule has 2 rings (SSSR count). The van der Waals surface area contributed by atoms with Crippen molar-refractivity contribution < 1.29 is 8.42 Å². The zero-order valence-corrected chi connectivity index (χ0v) is 14.0. The van der Waals surface area contributed by atoms with Crippen molar-refractivity contribution in [2.45, 2.75) is 24.4 Å². The molecule has 112 valence electrons. The van der Waals surface area contributed by atoms with Gasteiger partial charge in [0.25, 0.3) is 0 Å². The van der Waals surface area contributed by atoms with Crippen molar-refractivity contribution in [1.29, 1.82) is 0 Å². The van der Waals surface area contributed by atoms with Gasteiger partial charge < -0.3 is 5.32 Å². The molecule has 2 aromatic rings. The Bertz CT molecular complexity index is 715. The van der Waals surface area contributed by atoms with E-state index in [-0.39, 0.29) is 10.9 Å². The van der Waals surface area contributed by atoms with E-state index in [1.54, 1.807) is 12.1 Å². The van der Waals surface area contributed by atoms with Gasteiger partial charge in [0, 0.05) is 17.1 Å². The van der Waals surface area contributed by atoms with E-state index >= 15 is 0 Å². The first kappa shape index (κ1) is 16.2.